The number of fused-ring (bicyclic) bond motifs is 1. The lowest BCUT2D eigenvalue weighted by atomic mass is 10.2. The summed E-state index contributed by atoms with van der Waals surface area (Å²) in [6.07, 6.45) is 0. The van der Waals surface area contributed by atoms with Crippen LogP contribution in [0.1, 0.15) is 25.1 Å². The number of aromatic nitrogens is 2. The minimum absolute atomic E-state index is 0.657. The standard InChI is InChI=1S/C17H21N3S/c1-13(2)9-18-10-16-15-5-3-4-6-17(15)20(19-16)11-14-7-8-21-12-14/h3-8,12-13,18H,9-11H2,1-2H3. The zero-order valence-corrected chi connectivity index (χ0v) is 13.4. The van der Waals surface area contributed by atoms with E-state index in [0.717, 1.165) is 25.3 Å². The van der Waals surface area contributed by atoms with Gasteiger partial charge < -0.3 is 5.32 Å². The van der Waals surface area contributed by atoms with Crippen LogP contribution < -0.4 is 5.32 Å². The molecule has 0 aliphatic heterocycles. The van der Waals surface area contributed by atoms with Gasteiger partial charge in [0.25, 0.3) is 0 Å². The van der Waals surface area contributed by atoms with Crippen LogP contribution in [0.25, 0.3) is 10.9 Å². The molecule has 1 N–H and O–H groups in total. The fraction of sp³-hybridized carbons (Fsp3) is 0.353. The van der Waals surface area contributed by atoms with Gasteiger partial charge in [0.2, 0.25) is 0 Å². The fourth-order valence-electron chi connectivity index (χ4n) is 2.48. The lowest BCUT2D eigenvalue weighted by Crippen LogP contribution is -2.19. The maximum absolute atomic E-state index is 4.82. The predicted molar refractivity (Wildman–Crippen MR) is 89.7 cm³/mol. The molecule has 110 valence electrons. The molecule has 4 heteroatoms. The van der Waals surface area contributed by atoms with E-state index in [1.54, 1.807) is 11.3 Å². The molecule has 0 spiro atoms. The summed E-state index contributed by atoms with van der Waals surface area (Å²) in [5.74, 6) is 0.657. The van der Waals surface area contributed by atoms with Gasteiger partial charge in [-0.25, -0.2) is 0 Å². The van der Waals surface area contributed by atoms with Crippen molar-refractivity contribution < 1.29 is 0 Å². The molecule has 0 radical (unpaired) electrons. The highest BCUT2D eigenvalue weighted by molar-refractivity contribution is 7.07. The highest BCUT2D eigenvalue weighted by Gasteiger charge is 2.10. The van der Waals surface area contributed by atoms with E-state index in [2.05, 4.69) is 64.9 Å². The van der Waals surface area contributed by atoms with Crippen LogP contribution in [0.4, 0.5) is 0 Å². The van der Waals surface area contributed by atoms with Crippen LogP contribution in [0.2, 0.25) is 0 Å². The van der Waals surface area contributed by atoms with Gasteiger partial charge in [-0.05, 0) is 40.9 Å². The number of thiophene rings is 1. The second-order valence-corrected chi connectivity index (χ2v) is 6.56. The van der Waals surface area contributed by atoms with E-state index >= 15 is 0 Å². The van der Waals surface area contributed by atoms with E-state index in [1.807, 2.05) is 0 Å². The first-order valence-corrected chi connectivity index (χ1v) is 8.34. The third-order valence-corrected chi connectivity index (χ3v) is 4.22. The van der Waals surface area contributed by atoms with Gasteiger partial charge in [0.05, 0.1) is 17.8 Å². The van der Waals surface area contributed by atoms with Gasteiger partial charge in [0, 0.05) is 11.9 Å². The summed E-state index contributed by atoms with van der Waals surface area (Å²) in [6.45, 7) is 7.13. The minimum Gasteiger partial charge on any atom is -0.311 e. The van der Waals surface area contributed by atoms with E-state index < -0.39 is 0 Å². The number of hydrogen-bond donors (Lipinski definition) is 1. The SMILES string of the molecule is CC(C)CNCc1nn(Cc2ccsc2)c2ccccc12. The van der Waals surface area contributed by atoms with E-state index in [0.29, 0.717) is 5.92 Å². The summed E-state index contributed by atoms with van der Waals surface area (Å²) in [5, 5.41) is 13.9. The lowest BCUT2D eigenvalue weighted by molar-refractivity contribution is 0.544. The van der Waals surface area contributed by atoms with E-state index in [-0.39, 0.29) is 0 Å². The molecular formula is C17H21N3S. The highest BCUT2D eigenvalue weighted by Crippen LogP contribution is 2.20. The van der Waals surface area contributed by atoms with Gasteiger partial charge in [-0.15, -0.1) is 0 Å². The van der Waals surface area contributed by atoms with Crippen molar-refractivity contribution in [3.8, 4) is 0 Å². The van der Waals surface area contributed by atoms with Crippen molar-refractivity contribution in [3.63, 3.8) is 0 Å². The number of hydrogen-bond acceptors (Lipinski definition) is 3. The minimum atomic E-state index is 0.657. The van der Waals surface area contributed by atoms with Crippen LogP contribution in [-0.4, -0.2) is 16.3 Å². The lowest BCUT2D eigenvalue weighted by Gasteiger charge is -2.05. The first-order chi connectivity index (χ1) is 10.2. The normalized spacial score (nSPS) is 11.6. The van der Waals surface area contributed by atoms with Crippen molar-refractivity contribution in [1.82, 2.24) is 15.1 Å². The molecule has 2 heterocycles. The molecule has 3 nitrogen and oxygen atoms in total. The molecule has 0 saturated heterocycles. The van der Waals surface area contributed by atoms with Crippen LogP contribution in [0.3, 0.4) is 0 Å². The summed E-state index contributed by atoms with van der Waals surface area (Å²) >= 11 is 1.73. The zero-order chi connectivity index (χ0) is 14.7. The second kappa shape index (κ2) is 6.41. The Labute approximate surface area is 129 Å². The summed E-state index contributed by atoms with van der Waals surface area (Å²) in [4.78, 5) is 0. The van der Waals surface area contributed by atoms with Crippen molar-refractivity contribution in [2.24, 2.45) is 5.92 Å². The van der Waals surface area contributed by atoms with Gasteiger partial charge in [0.1, 0.15) is 0 Å². The number of rotatable bonds is 6. The Hall–Kier alpha value is -1.65. The van der Waals surface area contributed by atoms with Crippen LogP contribution in [0.15, 0.2) is 41.1 Å². The highest BCUT2D eigenvalue weighted by atomic mass is 32.1. The van der Waals surface area contributed by atoms with Crippen molar-refractivity contribution in [3.05, 3.63) is 52.3 Å². The van der Waals surface area contributed by atoms with Crippen LogP contribution >= 0.6 is 11.3 Å². The number of benzene rings is 1. The molecule has 3 rings (SSSR count). The monoisotopic (exact) mass is 299 g/mol. The first-order valence-electron chi connectivity index (χ1n) is 7.40. The molecule has 3 aromatic rings. The van der Waals surface area contributed by atoms with Gasteiger partial charge in [-0.3, -0.25) is 4.68 Å². The van der Waals surface area contributed by atoms with Crippen molar-refractivity contribution in [2.45, 2.75) is 26.9 Å². The molecule has 1 aromatic carbocycles. The maximum Gasteiger partial charge on any atom is 0.0841 e. The Balaban J connectivity index is 1.86. The number of para-hydroxylation sites is 1. The summed E-state index contributed by atoms with van der Waals surface area (Å²) in [5.41, 5.74) is 3.67. The predicted octanol–water partition coefficient (Wildman–Crippen LogP) is 3.89. The summed E-state index contributed by atoms with van der Waals surface area (Å²) in [6, 6.07) is 10.7. The smallest absolute Gasteiger partial charge is 0.0841 e. The Morgan fingerprint density at radius 3 is 2.86 bits per heavy atom. The van der Waals surface area contributed by atoms with Crippen molar-refractivity contribution in [2.75, 3.05) is 6.54 Å². The van der Waals surface area contributed by atoms with Gasteiger partial charge >= 0.3 is 0 Å². The third-order valence-electron chi connectivity index (χ3n) is 3.49. The molecule has 0 aliphatic rings. The summed E-state index contributed by atoms with van der Waals surface area (Å²) < 4.78 is 2.11. The Kier molecular flexibility index (Phi) is 4.36. The molecule has 21 heavy (non-hydrogen) atoms. The van der Waals surface area contributed by atoms with Gasteiger partial charge in [0.15, 0.2) is 0 Å². The Morgan fingerprint density at radius 1 is 1.24 bits per heavy atom. The van der Waals surface area contributed by atoms with E-state index in [9.17, 15) is 0 Å². The quantitative estimate of drug-likeness (QED) is 0.748. The molecule has 0 saturated carbocycles. The van der Waals surface area contributed by atoms with Crippen molar-refractivity contribution in [1.29, 1.82) is 0 Å². The van der Waals surface area contributed by atoms with E-state index in [4.69, 9.17) is 5.10 Å². The average molecular weight is 299 g/mol. The molecule has 0 atom stereocenters. The topological polar surface area (TPSA) is 29.9 Å². The average Bonchev–Trinajstić information content (AvgIpc) is 3.09. The third kappa shape index (κ3) is 3.34. The Bertz CT molecular complexity index is 698. The fourth-order valence-corrected chi connectivity index (χ4v) is 3.14. The molecule has 0 unspecified atom stereocenters. The van der Waals surface area contributed by atoms with Crippen LogP contribution in [-0.2, 0) is 13.1 Å². The molecule has 0 aliphatic carbocycles. The first kappa shape index (κ1) is 14.3. The van der Waals surface area contributed by atoms with Crippen molar-refractivity contribution >= 4 is 22.2 Å². The molecular weight excluding hydrogens is 278 g/mol. The van der Waals surface area contributed by atoms with Crippen LogP contribution in [0, 0.1) is 5.92 Å². The molecule has 0 bridgehead atoms. The van der Waals surface area contributed by atoms with Gasteiger partial charge in [-0.2, -0.15) is 16.4 Å². The number of nitrogens with one attached hydrogen (secondary N) is 1. The van der Waals surface area contributed by atoms with E-state index in [1.165, 1.54) is 16.5 Å². The molecule has 0 amide bonds. The largest absolute Gasteiger partial charge is 0.311 e. The molecule has 2 aromatic heterocycles. The molecule has 0 fully saturated rings. The maximum atomic E-state index is 4.82. The second-order valence-electron chi connectivity index (χ2n) is 5.78. The number of nitrogens with zero attached hydrogens (tertiary/aromatic N) is 2. The zero-order valence-electron chi connectivity index (χ0n) is 12.5. The summed E-state index contributed by atoms with van der Waals surface area (Å²) in [7, 11) is 0. The van der Waals surface area contributed by atoms with Crippen LogP contribution in [0.5, 0.6) is 0 Å². The van der Waals surface area contributed by atoms with Gasteiger partial charge in [-0.1, -0.05) is 32.0 Å². The Morgan fingerprint density at radius 2 is 2.10 bits per heavy atom.